The molecule has 0 aliphatic carbocycles. The molecule has 37 heavy (non-hydrogen) atoms. The van der Waals surface area contributed by atoms with E-state index >= 15 is 0 Å². The Kier molecular flexibility index (Phi) is 7.88. The summed E-state index contributed by atoms with van der Waals surface area (Å²) >= 11 is 1.21. The van der Waals surface area contributed by atoms with E-state index in [0.717, 1.165) is 0 Å². The van der Waals surface area contributed by atoms with Gasteiger partial charge >= 0.3 is 15.2 Å². The molecule has 2 aromatic heterocycles. The molecule has 1 atom stereocenters. The van der Waals surface area contributed by atoms with Crippen LogP contribution in [0.3, 0.4) is 0 Å². The molecule has 0 saturated carbocycles. The fourth-order valence-electron chi connectivity index (χ4n) is 3.55. The molecule has 2 heterocycles. The van der Waals surface area contributed by atoms with Crippen LogP contribution in [0.4, 0.5) is 11.5 Å². The number of nitrogens with zero attached hydrogens (tertiary/aromatic N) is 2. The summed E-state index contributed by atoms with van der Waals surface area (Å²) < 4.78 is 28.9. The van der Waals surface area contributed by atoms with E-state index in [9.17, 15) is 33.5 Å². The van der Waals surface area contributed by atoms with Gasteiger partial charge in [0.2, 0.25) is 5.52 Å². The minimum Gasteiger partial charge on any atom is -0.367 e. The summed E-state index contributed by atoms with van der Waals surface area (Å²) in [6, 6.07) is 17.1. The first-order valence-corrected chi connectivity index (χ1v) is 14.8. The van der Waals surface area contributed by atoms with Crippen molar-refractivity contribution < 1.29 is 38.2 Å². The van der Waals surface area contributed by atoms with Crippen molar-refractivity contribution in [3.05, 3.63) is 71.6 Å². The lowest BCUT2D eigenvalue weighted by molar-refractivity contribution is -0.126. The minimum atomic E-state index is -5.26. The minimum absolute atomic E-state index is 0.107. The normalized spacial score (nSPS) is 13.0. The SMILES string of the molecule is COC(C(=O)Nc1cccc(-c2nc(NC(P(=O)(O)O)P(=O)(O)O)c3ccsc3n2)c1)c1ccccc1. The van der Waals surface area contributed by atoms with Crippen molar-refractivity contribution in [2.75, 3.05) is 17.7 Å². The topological polar surface area (TPSA) is 191 Å². The van der Waals surface area contributed by atoms with Crippen LogP contribution in [0, 0.1) is 0 Å². The molecule has 0 spiro atoms. The van der Waals surface area contributed by atoms with Gasteiger partial charge in [-0.15, -0.1) is 11.3 Å². The number of hydrogen-bond acceptors (Lipinski definition) is 8. The second kappa shape index (κ2) is 10.8. The van der Waals surface area contributed by atoms with Crippen LogP contribution < -0.4 is 10.6 Å². The fraction of sp³-hybridized carbons (Fsp3) is 0.136. The second-order valence-electron chi connectivity index (χ2n) is 7.83. The Hall–Kier alpha value is -2.99. The Bertz CT molecular complexity index is 1500. The van der Waals surface area contributed by atoms with Gasteiger partial charge in [0, 0.05) is 18.4 Å². The maximum Gasteiger partial charge on any atom is 0.360 e. The number of carbonyl (C=O) groups is 1. The van der Waals surface area contributed by atoms with Gasteiger partial charge in [0.05, 0.1) is 5.39 Å². The lowest BCUT2D eigenvalue weighted by Gasteiger charge is -2.21. The average Bonchev–Trinajstić information content (AvgIpc) is 3.31. The Morgan fingerprint density at radius 2 is 1.68 bits per heavy atom. The Balaban J connectivity index is 1.67. The molecule has 4 rings (SSSR count). The number of anilines is 2. The van der Waals surface area contributed by atoms with Crippen LogP contribution in [0.15, 0.2) is 66.0 Å². The van der Waals surface area contributed by atoms with Gasteiger partial charge in [-0.05, 0) is 29.1 Å². The molecule has 4 aromatic rings. The first kappa shape index (κ1) is 27.1. The number of ether oxygens (including phenoxy) is 1. The maximum atomic E-state index is 12.9. The van der Waals surface area contributed by atoms with Crippen molar-refractivity contribution in [1.82, 2.24) is 9.97 Å². The molecule has 0 aliphatic rings. The molecule has 0 fully saturated rings. The van der Waals surface area contributed by atoms with Crippen LogP contribution in [0.2, 0.25) is 0 Å². The van der Waals surface area contributed by atoms with Gasteiger partial charge in [0.25, 0.3) is 5.91 Å². The van der Waals surface area contributed by atoms with Crippen LogP contribution in [-0.4, -0.2) is 48.1 Å². The second-order valence-corrected chi connectivity index (χ2v) is 12.5. The van der Waals surface area contributed by atoms with Crippen molar-refractivity contribution in [2.24, 2.45) is 0 Å². The van der Waals surface area contributed by atoms with E-state index in [2.05, 4.69) is 20.6 Å². The monoisotopic (exact) mass is 564 g/mol. The van der Waals surface area contributed by atoms with Crippen LogP contribution in [0.5, 0.6) is 0 Å². The average molecular weight is 564 g/mol. The number of fused-ring (bicyclic) bond motifs is 1. The predicted molar refractivity (Wildman–Crippen MR) is 139 cm³/mol. The van der Waals surface area contributed by atoms with Gasteiger partial charge < -0.3 is 34.9 Å². The molecule has 15 heteroatoms. The summed E-state index contributed by atoms with van der Waals surface area (Å²) in [5, 5.41) is 7.00. The van der Waals surface area contributed by atoms with E-state index in [0.29, 0.717) is 27.0 Å². The lowest BCUT2D eigenvalue weighted by atomic mass is 10.1. The number of thiophene rings is 1. The van der Waals surface area contributed by atoms with Crippen LogP contribution in [0.25, 0.3) is 21.6 Å². The molecule has 0 saturated heterocycles. The molecule has 0 bridgehead atoms. The molecule has 0 radical (unpaired) electrons. The largest absolute Gasteiger partial charge is 0.367 e. The molecular weight excluding hydrogens is 542 g/mol. The summed E-state index contributed by atoms with van der Waals surface area (Å²) in [5.41, 5.74) is -0.965. The van der Waals surface area contributed by atoms with Crippen LogP contribution in [0.1, 0.15) is 11.7 Å². The number of benzene rings is 2. The molecule has 0 aliphatic heterocycles. The third kappa shape index (κ3) is 6.30. The highest BCUT2D eigenvalue weighted by atomic mass is 32.1. The molecule has 6 N–H and O–H groups in total. The highest BCUT2D eigenvalue weighted by Crippen LogP contribution is 2.59. The van der Waals surface area contributed by atoms with Gasteiger partial charge in [-0.3, -0.25) is 13.9 Å². The van der Waals surface area contributed by atoms with Gasteiger partial charge in [-0.2, -0.15) is 0 Å². The quantitative estimate of drug-likeness (QED) is 0.162. The van der Waals surface area contributed by atoms with Crippen molar-refractivity contribution in [1.29, 1.82) is 0 Å². The van der Waals surface area contributed by atoms with E-state index in [1.54, 1.807) is 60.0 Å². The Morgan fingerprint density at radius 3 is 2.32 bits per heavy atom. The highest BCUT2D eigenvalue weighted by molar-refractivity contribution is 7.71. The fourth-order valence-corrected chi connectivity index (χ4v) is 6.46. The third-order valence-electron chi connectivity index (χ3n) is 5.19. The molecule has 12 nitrogen and oxygen atoms in total. The first-order chi connectivity index (χ1) is 17.5. The number of carbonyl (C=O) groups excluding carboxylic acids is 1. The summed E-state index contributed by atoms with van der Waals surface area (Å²) in [7, 11) is -9.10. The predicted octanol–water partition coefficient (Wildman–Crippen LogP) is 3.74. The summed E-state index contributed by atoms with van der Waals surface area (Å²) in [4.78, 5) is 60.1. The summed E-state index contributed by atoms with van der Waals surface area (Å²) in [6.45, 7) is 0. The zero-order valence-electron chi connectivity index (χ0n) is 19.1. The summed E-state index contributed by atoms with van der Waals surface area (Å²) in [5.74, 6) is -0.458. The molecular formula is C22H22N4O8P2S. The number of aromatic nitrogens is 2. The van der Waals surface area contributed by atoms with E-state index < -0.39 is 32.7 Å². The number of nitrogens with one attached hydrogen (secondary N) is 2. The number of methoxy groups -OCH3 is 1. The zero-order valence-corrected chi connectivity index (χ0v) is 21.7. The van der Waals surface area contributed by atoms with Gasteiger partial charge in [-0.1, -0.05) is 42.5 Å². The molecule has 1 unspecified atom stereocenters. The molecule has 2 aromatic carbocycles. The Morgan fingerprint density at radius 1 is 0.973 bits per heavy atom. The van der Waals surface area contributed by atoms with E-state index in [-0.39, 0.29) is 11.6 Å². The van der Waals surface area contributed by atoms with Gasteiger partial charge in [0.15, 0.2) is 11.9 Å². The number of hydrogen-bond donors (Lipinski definition) is 6. The Labute approximate surface area is 214 Å². The summed E-state index contributed by atoms with van der Waals surface area (Å²) in [6.07, 6.45) is -0.850. The highest BCUT2D eigenvalue weighted by Gasteiger charge is 2.44. The van der Waals surface area contributed by atoms with Crippen molar-refractivity contribution in [3.8, 4) is 11.4 Å². The van der Waals surface area contributed by atoms with Crippen LogP contribution in [-0.2, 0) is 18.7 Å². The van der Waals surface area contributed by atoms with E-state index in [4.69, 9.17) is 4.74 Å². The zero-order chi connectivity index (χ0) is 26.8. The number of rotatable bonds is 9. The number of amides is 1. The first-order valence-electron chi connectivity index (χ1n) is 10.6. The lowest BCUT2D eigenvalue weighted by Crippen LogP contribution is -2.22. The maximum absolute atomic E-state index is 12.9. The third-order valence-corrected chi connectivity index (χ3v) is 9.34. The van der Waals surface area contributed by atoms with E-state index in [1.807, 2.05) is 6.07 Å². The van der Waals surface area contributed by atoms with Crippen LogP contribution >= 0.6 is 26.5 Å². The van der Waals surface area contributed by atoms with Crippen molar-refractivity contribution >= 4 is 54.2 Å². The van der Waals surface area contributed by atoms with Gasteiger partial charge in [-0.25, -0.2) is 9.97 Å². The van der Waals surface area contributed by atoms with E-state index in [1.165, 1.54) is 18.4 Å². The molecule has 194 valence electrons. The van der Waals surface area contributed by atoms with Gasteiger partial charge in [0.1, 0.15) is 10.6 Å². The standard InChI is InChI=1S/C22H22N4O8P2S/c1-34-17(13-6-3-2-4-7-13)20(27)23-15-9-5-8-14(12-15)18-24-19(16-10-11-37-21(16)25-18)26-22(35(28,29)30)36(31,32)33/h2-12,17,22H,1H3,(H,23,27)(H,24,25,26)(H2,28,29,30)(H2,31,32,33). The van der Waals surface area contributed by atoms with Crippen molar-refractivity contribution in [2.45, 2.75) is 11.6 Å². The van der Waals surface area contributed by atoms with Crippen molar-refractivity contribution in [3.63, 3.8) is 0 Å². The molecule has 1 amide bonds. The smallest absolute Gasteiger partial charge is 0.360 e.